The van der Waals surface area contributed by atoms with Gasteiger partial charge in [-0.15, -0.1) is 13.2 Å². The molecule has 1 aromatic rings. The fourth-order valence-corrected chi connectivity index (χ4v) is 1.97. The van der Waals surface area contributed by atoms with Gasteiger partial charge in [0.25, 0.3) is 0 Å². The van der Waals surface area contributed by atoms with Crippen LogP contribution in [-0.4, -0.2) is 43.9 Å². The molecule has 7 heteroatoms. The van der Waals surface area contributed by atoms with Crippen molar-refractivity contribution in [3.8, 4) is 5.75 Å². The zero-order valence-corrected chi connectivity index (χ0v) is 11.1. The molecular formula is C13H16F3N3O. The van der Waals surface area contributed by atoms with Crippen molar-refractivity contribution in [3.63, 3.8) is 0 Å². The summed E-state index contributed by atoms with van der Waals surface area (Å²) in [5.41, 5.74) is 0.513. The van der Waals surface area contributed by atoms with Crippen LogP contribution in [0.2, 0.25) is 0 Å². The summed E-state index contributed by atoms with van der Waals surface area (Å²) in [5, 5.41) is 3.11. The van der Waals surface area contributed by atoms with Gasteiger partial charge in [0.2, 0.25) is 0 Å². The molecule has 0 amide bonds. The van der Waals surface area contributed by atoms with Crippen LogP contribution in [0.5, 0.6) is 5.75 Å². The van der Waals surface area contributed by atoms with Gasteiger partial charge in [-0.1, -0.05) is 18.2 Å². The molecule has 0 aromatic heterocycles. The van der Waals surface area contributed by atoms with E-state index in [4.69, 9.17) is 0 Å². The second-order valence-electron chi connectivity index (χ2n) is 4.46. The van der Waals surface area contributed by atoms with E-state index in [1.165, 1.54) is 12.1 Å². The molecule has 0 bridgehead atoms. The van der Waals surface area contributed by atoms with Crippen LogP contribution in [0.25, 0.3) is 0 Å². The van der Waals surface area contributed by atoms with Gasteiger partial charge in [0.1, 0.15) is 5.75 Å². The van der Waals surface area contributed by atoms with Gasteiger partial charge in [-0.25, -0.2) is 0 Å². The summed E-state index contributed by atoms with van der Waals surface area (Å²) in [6.07, 6.45) is -4.24. The molecule has 1 aromatic carbocycles. The van der Waals surface area contributed by atoms with Crippen LogP contribution in [0.15, 0.2) is 29.3 Å². The topological polar surface area (TPSA) is 36.9 Å². The zero-order valence-electron chi connectivity index (χ0n) is 11.1. The Morgan fingerprint density at radius 3 is 2.75 bits per heavy atom. The van der Waals surface area contributed by atoms with Gasteiger partial charge < -0.3 is 15.0 Å². The highest BCUT2D eigenvalue weighted by atomic mass is 19.4. The second-order valence-corrected chi connectivity index (χ2v) is 4.46. The van der Waals surface area contributed by atoms with E-state index in [2.05, 4.69) is 15.0 Å². The monoisotopic (exact) mass is 287 g/mol. The third-order valence-electron chi connectivity index (χ3n) is 2.93. The summed E-state index contributed by atoms with van der Waals surface area (Å²) in [4.78, 5) is 6.22. The summed E-state index contributed by atoms with van der Waals surface area (Å²) in [5.74, 6) is 0.628. The predicted octanol–water partition coefficient (Wildman–Crippen LogP) is 2.02. The molecule has 0 radical (unpaired) electrons. The summed E-state index contributed by atoms with van der Waals surface area (Å²) in [6.45, 7) is 2.10. The number of nitrogens with one attached hydrogen (secondary N) is 1. The molecular weight excluding hydrogens is 271 g/mol. The van der Waals surface area contributed by atoms with Crippen molar-refractivity contribution < 1.29 is 17.9 Å². The van der Waals surface area contributed by atoms with Gasteiger partial charge in [0, 0.05) is 20.1 Å². The van der Waals surface area contributed by atoms with Gasteiger partial charge >= 0.3 is 6.36 Å². The molecule has 1 heterocycles. The number of hydrogen-bond acceptors (Lipinski definition) is 4. The smallest absolute Gasteiger partial charge is 0.406 e. The maximum absolute atomic E-state index is 12.3. The molecule has 20 heavy (non-hydrogen) atoms. The van der Waals surface area contributed by atoms with Crippen molar-refractivity contribution in [1.29, 1.82) is 0 Å². The van der Waals surface area contributed by atoms with Crippen LogP contribution >= 0.6 is 0 Å². The Morgan fingerprint density at radius 2 is 2.10 bits per heavy atom. The summed E-state index contributed by atoms with van der Waals surface area (Å²) in [7, 11) is 1.92. The lowest BCUT2D eigenvalue weighted by Gasteiger charge is -2.16. The molecule has 1 N–H and O–H groups in total. The van der Waals surface area contributed by atoms with Crippen molar-refractivity contribution in [1.82, 2.24) is 10.2 Å². The number of halogens is 3. The van der Waals surface area contributed by atoms with E-state index in [0.717, 1.165) is 19.0 Å². The Kier molecular flexibility index (Phi) is 4.36. The van der Waals surface area contributed by atoms with Crippen molar-refractivity contribution in [2.75, 3.05) is 26.7 Å². The second kappa shape index (κ2) is 6.02. The summed E-state index contributed by atoms with van der Waals surface area (Å²) < 4.78 is 40.8. The highest BCUT2D eigenvalue weighted by Crippen LogP contribution is 2.26. The number of aliphatic imine (C=N–C) groups is 1. The molecule has 0 saturated heterocycles. The average Bonchev–Trinajstić information content (AvgIpc) is 2.75. The molecule has 0 unspecified atom stereocenters. The molecule has 110 valence electrons. The van der Waals surface area contributed by atoms with Crippen LogP contribution in [0.1, 0.15) is 5.56 Å². The molecule has 1 aliphatic heterocycles. The number of rotatable bonds is 4. The number of guanidine groups is 1. The minimum atomic E-state index is -4.67. The van der Waals surface area contributed by atoms with Gasteiger partial charge in [-0.2, -0.15) is 0 Å². The maximum atomic E-state index is 12.3. The molecule has 2 rings (SSSR count). The van der Waals surface area contributed by atoms with E-state index in [0.29, 0.717) is 18.5 Å². The van der Waals surface area contributed by atoms with Crippen molar-refractivity contribution in [2.24, 2.45) is 4.99 Å². The van der Waals surface area contributed by atoms with E-state index >= 15 is 0 Å². The van der Waals surface area contributed by atoms with Crippen molar-refractivity contribution >= 4 is 5.96 Å². The van der Waals surface area contributed by atoms with Crippen molar-refractivity contribution in [2.45, 2.75) is 12.8 Å². The lowest BCUT2D eigenvalue weighted by atomic mass is 10.1. The van der Waals surface area contributed by atoms with Gasteiger partial charge in [-0.05, 0) is 18.1 Å². The Hall–Kier alpha value is -1.92. The van der Waals surface area contributed by atoms with Gasteiger partial charge in [0.05, 0.1) is 6.54 Å². The van der Waals surface area contributed by atoms with E-state index < -0.39 is 6.36 Å². The first-order valence-electron chi connectivity index (χ1n) is 6.29. The standard InChI is InChI=1S/C13H16F3N3O/c1-19-9-8-18-12(19)17-7-6-10-4-2-3-5-11(10)20-13(14,15)16/h2-5H,6-9H2,1H3,(H,17,18). The first-order chi connectivity index (χ1) is 9.46. The summed E-state index contributed by atoms with van der Waals surface area (Å²) >= 11 is 0. The van der Waals surface area contributed by atoms with Crippen LogP contribution in [0.3, 0.4) is 0 Å². The third-order valence-corrected chi connectivity index (χ3v) is 2.93. The van der Waals surface area contributed by atoms with Gasteiger partial charge in [0.15, 0.2) is 5.96 Å². The summed E-state index contributed by atoms with van der Waals surface area (Å²) in [6, 6.07) is 6.16. The number of ether oxygens (including phenoxy) is 1. The Morgan fingerprint density at radius 1 is 1.35 bits per heavy atom. The number of para-hydroxylation sites is 1. The van der Waals surface area contributed by atoms with Crippen LogP contribution < -0.4 is 10.1 Å². The highest BCUT2D eigenvalue weighted by molar-refractivity contribution is 5.81. The first kappa shape index (κ1) is 14.5. The molecule has 0 spiro atoms. The van der Waals surface area contributed by atoms with Crippen LogP contribution in [-0.2, 0) is 6.42 Å². The van der Waals surface area contributed by atoms with E-state index in [-0.39, 0.29) is 5.75 Å². The zero-order chi connectivity index (χ0) is 14.6. The maximum Gasteiger partial charge on any atom is 0.573 e. The van der Waals surface area contributed by atoms with E-state index in [1.807, 2.05) is 11.9 Å². The minimum Gasteiger partial charge on any atom is -0.406 e. The Balaban J connectivity index is 1.92. The third kappa shape index (κ3) is 4.04. The lowest BCUT2D eigenvalue weighted by molar-refractivity contribution is -0.274. The molecule has 4 nitrogen and oxygen atoms in total. The van der Waals surface area contributed by atoms with Crippen LogP contribution in [0.4, 0.5) is 13.2 Å². The normalized spacial score (nSPS) is 15.2. The highest BCUT2D eigenvalue weighted by Gasteiger charge is 2.31. The molecule has 0 saturated carbocycles. The number of benzene rings is 1. The molecule has 0 fully saturated rings. The molecule has 0 aliphatic carbocycles. The lowest BCUT2D eigenvalue weighted by Crippen LogP contribution is -2.36. The quantitative estimate of drug-likeness (QED) is 0.920. The van der Waals surface area contributed by atoms with Crippen molar-refractivity contribution in [3.05, 3.63) is 29.8 Å². The Labute approximate surface area is 115 Å². The fraction of sp³-hybridized carbons (Fsp3) is 0.462. The predicted molar refractivity (Wildman–Crippen MR) is 69.8 cm³/mol. The average molecular weight is 287 g/mol. The number of nitrogens with zero attached hydrogens (tertiary/aromatic N) is 2. The molecule has 1 aliphatic rings. The largest absolute Gasteiger partial charge is 0.573 e. The molecule has 0 atom stereocenters. The minimum absolute atomic E-state index is 0.150. The number of likely N-dealkylation sites (N-methyl/N-ethyl adjacent to an activating group) is 1. The number of alkyl halides is 3. The fourth-order valence-electron chi connectivity index (χ4n) is 1.97. The van der Waals surface area contributed by atoms with Gasteiger partial charge in [-0.3, -0.25) is 4.99 Å². The van der Waals surface area contributed by atoms with Crippen LogP contribution in [0, 0.1) is 0 Å². The number of hydrogen-bond donors (Lipinski definition) is 1. The van der Waals surface area contributed by atoms with E-state index in [9.17, 15) is 13.2 Å². The SMILES string of the molecule is CN1CCN=C1NCCc1ccccc1OC(F)(F)F. The van der Waals surface area contributed by atoms with E-state index in [1.54, 1.807) is 12.1 Å². The Bertz CT molecular complexity index is 488. The first-order valence-corrected chi connectivity index (χ1v) is 6.29.